The minimum absolute atomic E-state index is 0.142. The van der Waals surface area contributed by atoms with Crippen LogP contribution in [0, 0.1) is 24.0 Å². The summed E-state index contributed by atoms with van der Waals surface area (Å²) in [6.07, 6.45) is 0. The summed E-state index contributed by atoms with van der Waals surface area (Å²) in [4.78, 5) is 23.0. The van der Waals surface area contributed by atoms with Crippen molar-refractivity contribution in [3.63, 3.8) is 0 Å². The van der Waals surface area contributed by atoms with Gasteiger partial charge in [-0.2, -0.15) is 0 Å². The molecule has 0 aromatic heterocycles. The zero-order valence-electron chi connectivity index (χ0n) is 14.1. The molecule has 0 saturated heterocycles. The number of benzene rings is 2. The van der Waals surface area contributed by atoms with E-state index in [1.54, 1.807) is 0 Å². The normalized spacial score (nSPS) is 11.7. The second-order valence-electron chi connectivity index (χ2n) is 5.70. The number of hydrogen-bond donors (Lipinski definition) is 1. The van der Waals surface area contributed by atoms with Crippen LogP contribution in [0.5, 0.6) is 5.75 Å². The lowest BCUT2D eigenvalue weighted by Crippen LogP contribution is -2.27. The van der Waals surface area contributed by atoms with E-state index in [4.69, 9.17) is 4.74 Å². The Balaban J connectivity index is 2.30. The van der Waals surface area contributed by atoms with Crippen LogP contribution in [-0.2, 0) is 0 Å². The van der Waals surface area contributed by atoms with Crippen molar-refractivity contribution in [1.29, 1.82) is 0 Å². The lowest BCUT2D eigenvalue weighted by Gasteiger charge is -2.18. The Hall–Kier alpha value is -2.89. The second kappa shape index (κ2) is 7.12. The maximum Gasteiger partial charge on any atom is 0.270 e. The van der Waals surface area contributed by atoms with E-state index in [-0.39, 0.29) is 17.3 Å². The van der Waals surface area contributed by atoms with Crippen LogP contribution in [0.4, 0.5) is 5.69 Å². The average Bonchev–Trinajstić information content (AvgIpc) is 2.56. The van der Waals surface area contributed by atoms with E-state index < -0.39 is 10.8 Å². The van der Waals surface area contributed by atoms with Crippen LogP contribution in [0.2, 0.25) is 0 Å². The molecule has 2 rings (SSSR count). The summed E-state index contributed by atoms with van der Waals surface area (Å²) < 4.78 is 5.15. The summed E-state index contributed by atoms with van der Waals surface area (Å²) >= 11 is 0. The third-order valence-corrected chi connectivity index (χ3v) is 3.89. The third kappa shape index (κ3) is 3.71. The summed E-state index contributed by atoms with van der Waals surface area (Å²) in [5, 5.41) is 13.8. The van der Waals surface area contributed by atoms with Gasteiger partial charge in [-0.15, -0.1) is 0 Å². The molecule has 24 heavy (non-hydrogen) atoms. The van der Waals surface area contributed by atoms with Crippen molar-refractivity contribution in [3.8, 4) is 5.75 Å². The highest BCUT2D eigenvalue weighted by molar-refractivity contribution is 5.97. The predicted molar refractivity (Wildman–Crippen MR) is 91.4 cm³/mol. The van der Waals surface area contributed by atoms with Gasteiger partial charge in [-0.05, 0) is 38.0 Å². The van der Waals surface area contributed by atoms with Crippen molar-refractivity contribution in [2.45, 2.75) is 26.8 Å². The molecule has 0 heterocycles. The van der Waals surface area contributed by atoms with Gasteiger partial charge in [-0.25, -0.2) is 0 Å². The molecule has 0 aliphatic heterocycles. The molecular formula is C18H20N2O4. The number of nitrogens with zero attached hydrogens (tertiary/aromatic N) is 1. The van der Waals surface area contributed by atoms with Crippen LogP contribution in [-0.4, -0.2) is 17.9 Å². The van der Waals surface area contributed by atoms with Gasteiger partial charge in [0, 0.05) is 12.1 Å². The largest absolute Gasteiger partial charge is 0.496 e. The van der Waals surface area contributed by atoms with Gasteiger partial charge in [-0.1, -0.05) is 23.8 Å². The van der Waals surface area contributed by atoms with Crippen LogP contribution >= 0.6 is 0 Å². The second-order valence-corrected chi connectivity index (χ2v) is 5.70. The van der Waals surface area contributed by atoms with E-state index in [0.717, 1.165) is 16.7 Å². The highest BCUT2D eigenvalue weighted by Gasteiger charge is 2.20. The van der Waals surface area contributed by atoms with Crippen molar-refractivity contribution in [2.24, 2.45) is 0 Å². The summed E-state index contributed by atoms with van der Waals surface area (Å²) in [7, 11) is 1.42. The van der Waals surface area contributed by atoms with Crippen LogP contribution in [0.3, 0.4) is 0 Å². The SMILES string of the molecule is COc1ccc([N+](=O)[O-])cc1C(=O)NC(C)c1cc(C)ccc1C. The lowest BCUT2D eigenvalue weighted by atomic mass is 9.99. The standard InChI is InChI=1S/C18H20N2O4/c1-11-5-6-12(2)15(9-11)13(3)19-18(21)16-10-14(20(22)23)7-8-17(16)24-4/h5-10,13H,1-4H3,(H,19,21). The smallest absolute Gasteiger partial charge is 0.270 e. The molecule has 1 amide bonds. The first-order valence-electron chi connectivity index (χ1n) is 7.54. The Labute approximate surface area is 140 Å². The Morgan fingerprint density at radius 3 is 2.54 bits per heavy atom. The van der Waals surface area contributed by atoms with Gasteiger partial charge in [0.05, 0.1) is 23.6 Å². The molecule has 0 spiro atoms. The molecule has 126 valence electrons. The Morgan fingerprint density at radius 2 is 1.92 bits per heavy atom. The van der Waals surface area contributed by atoms with Crippen molar-refractivity contribution in [2.75, 3.05) is 7.11 Å². The van der Waals surface area contributed by atoms with Crippen LogP contribution in [0.1, 0.15) is 40.0 Å². The molecule has 6 heteroatoms. The van der Waals surface area contributed by atoms with E-state index >= 15 is 0 Å². The number of aryl methyl sites for hydroxylation is 2. The summed E-state index contributed by atoms with van der Waals surface area (Å²) in [5.74, 6) is -0.116. The number of rotatable bonds is 5. The zero-order chi connectivity index (χ0) is 17.9. The number of nitrogens with one attached hydrogen (secondary N) is 1. The van der Waals surface area contributed by atoms with E-state index in [9.17, 15) is 14.9 Å². The van der Waals surface area contributed by atoms with Gasteiger partial charge in [0.25, 0.3) is 11.6 Å². The molecule has 2 aromatic rings. The van der Waals surface area contributed by atoms with Gasteiger partial charge in [0.2, 0.25) is 0 Å². The fraction of sp³-hybridized carbons (Fsp3) is 0.278. The number of methoxy groups -OCH3 is 1. The first-order valence-corrected chi connectivity index (χ1v) is 7.54. The highest BCUT2D eigenvalue weighted by Crippen LogP contribution is 2.25. The first-order chi connectivity index (χ1) is 11.3. The quantitative estimate of drug-likeness (QED) is 0.670. The fourth-order valence-corrected chi connectivity index (χ4v) is 2.57. The maximum atomic E-state index is 12.6. The van der Waals surface area contributed by atoms with Gasteiger partial charge in [0.1, 0.15) is 5.75 Å². The summed E-state index contributed by atoms with van der Waals surface area (Å²) in [6.45, 7) is 5.84. The Morgan fingerprint density at radius 1 is 1.21 bits per heavy atom. The van der Waals surface area contributed by atoms with Gasteiger partial charge < -0.3 is 10.1 Å². The molecule has 1 unspecified atom stereocenters. The lowest BCUT2D eigenvalue weighted by molar-refractivity contribution is -0.384. The van der Waals surface area contributed by atoms with E-state index in [1.165, 1.54) is 25.3 Å². The van der Waals surface area contributed by atoms with Crippen molar-refractivity contribution < 1.29 is 14.5 Å². The minimum atomic E-state index is -0.537. The van der Waals surface area contributed by atoms with E-state index in [1.807, 2.05) is 39.0 Å². The number of ether oxygens (including phenoxy) is 1. The van der Waals surface area contributed by atoms with Gasteiger partial charge >= 0.3 is 0 Å². The van der Waals surface area contributed by atoms with Crippen LogP contribution in [0.25, 0.3) is 0 Å². The van der Waals surface area contributed by atoms with Gasteiger partial charge in [0.15, 0.2) is 0 Å². The molecule has 0 radical (unpaired) electrons. The number of carbonyl (C=O) groups is 1. The van der Waals surface area contributed by atoms with Crippen molar-refractivity contribution >= 4 is 11.6 Å². The molecule has 0 saturated carbocycles. The Bertz CT molecular complexity index is 787. The molecule has 6 nitrogen and oxygen atoms in total. The molecule has 0 fully saturated rings. The molecule has 0 aliphatic carbocycles. The highest BCUT2D eigenvalue weighted by atomic mass is 16.6. The number of carbonyl (C=O) groups excluding carboxylic acids is 1. The van der Waals surface area contributed by atoms with Gasteiger partial charge in [-0.3, -0.25) is 14.9 Å². The molecule has 1 N–H and O–H groups in total. The number of non-ortho nitro benzene ring substituents is 1. The average molecular weight is 328 g/mol. The number of hydrogen-bond acceptors (Lipinski definition) is 4. The van der Waals surface area contributed by atoms with Crippen LogP contribution < -0.4 is 10.1 Å². The number of amides is 1. The molecule has 2 aromatic carbocycles. The summed E-state index contributed by atoms with van der Waals surface area (Å²) in [6, 6.07) is 9.76. The fourth-order valence-electron chi connectivity index (χ4n) is 2.57. The summed E-state index contributed by atoms with van der Waals surface area (Å²) in [5.41, 5.74) is 3.17. The topological polar surface area (TPSA) is 81.5 Å². The Kier molecular flexibility index (Phi) is 5.18. The molecular weight excluding hydrogens is 308 g/mol. The number of nitro benzene ring substituents is 1. The van der Waals surface area contributed by atoms with E-state index in [2.05, 4.69) is 5.32 Å². The molecule has 0 aliphatic rings. The first kappa shape index (κ1) is 17.5. The van der Waals surface area contributed by atoms with E-state index in [0.29, 0.717) is 5.75 Å². The third-order valence-electron chi connectivity index (χ3n) is 3.89. The minimum Gasteiger partial charge on any atom is -0.496 e. The van der Waals surface area contributed by atoms with Crippen molar-refractivity contribution in [1.82, 2.24) is 5.32 Å². The zero-order valence-corrected chi connectivity index (χ0v) is 14.1. The monoisotopic (exact) mass is 328 g/mol. The van der Waals surface area contributed by atoms with Crippen molar-refractivity contribution in [3.05, 3.63) is 68.8 Å². The van der Waals surface area contributed by atoms with Crippen LogP contribution in [0.15, 0.2) is 36.4 Å². The predicted octanol–water partition coefficient (Wildman–Crippen LogP) is 3.71. The molecule has 1 atom stereocenters. The number of nitro groups is 1. The maximum absolute atomic E-state index is 12.6. The molecule has 0 bridgehead atoms.